The molecule has 1 N–H and O–H groups in total. The van der Waals surface area contributed by atoms with Crippen molar-refractivity contribution in [2.24, 2.45) is 11.3 Å². The first-order valence-corrected chi connectivity index (χ1v) is 6.64. The van der Waals surface area contributed by atoms with Gasteiger partial charge in [0.25, 0.3) is 0 Å². The number of pyridine rings is 1. The number of nitrogens with one attached hydrogen (secondary N) is 1. The van der Waals surface area contributed by atoms with Crippen LogP contribution in [0.5, 0.6) is 0 Å². The van der Waals surface area contributed by atoms with Gasteiger partial charge in [-0.25, -0.2) is 0 Å². The van der Waals surface area contributed by atoms with E-state index < -0.39 is 0 Å². The minimum Gasteiger partial charge on any atom is -0.313 e. The molecule has 0 aliphatic heterocycles. The fraction of sp³-hybridized carbons (Fsp3) is 0.667. The average Bonchev–Trinajstić information content (AvgIpc) is 2.63. The first-order chi connectivity index (χ1) is 8.06. The highest BCUT2D eigenvalue weighted by Gasteiger charge is 2.39. The molecule has 1 aliphatic carbocycles. The zero-order valence-electron chi connectivity index (χ0n) is 11.5. The van der Waals surface area contributed by atoms with Crippen molar-refractivity contribution in [3.05, 3.63) is 29.6 Å². The second-order valence-electron chi connectivity index (χ2n) is 5.99. The molecular formula is C15H24N2. The van der Waals surface area contributed by atoms with Crippen molar-refractivity contribution in [1.82, 2.24) is 10.3 Å². The number of aromatic nitrogens is 1. The van der Waals surface area contributed by atoms with Crippen molar-refractivity contribution in [3.8, 4) is 0 Å². The molecule has 2 nitrogen and oxygen atoms in total. The van der Waals surface area contributed by atoms with Gasteiger partial charge in [0.05, 0.1) is 0 Å². The molecule has 0 saturated heterocycles. The number of nitrogens with zero attached hydrogens (tertiary/aromatic N) is 1. The summed E-state index contributed by atoms with van der Waals surface area (Å²) in [4.78, 5) is 4.29. The lowest BCUT2D eigenvalue weighted by molar-refractivity contribution is 0.203. The molecule has 1 heterocycles. The van der Waals surface area contributed by atoms with Crippen LogP contribution in [-0.2, 0) is 0 Å². The van der Waals surface area contributed by atoms with Crippen LogP contribution in [0.1, 0.15) is 50.3 Å². The summed E-state index contributed by atoms with van der Waals surface area (Å²) in [5, 5.41) is 3.52. The molecule has 2 unspecified atom stereocenters. The second-order valence-corrected chi connectivity index (χ2v) is 5.99. The van der Waals surface area contributed by atoms with E-state index in [9.17, 15) is 0 Å². The maximum Gasteiger partial charge on any atom is 0.0369 e. The van der Waals surface area contributed by atoms with Gasteiger partial charge in [0, 0.05) is 18.4 Å². The topological polar surface area (TPSA) is 24.9 Å². The molecule has 2 atom stereocenters. The zero-order valence-corrected chi connectivity index (χ0v) is 11.5. The number of aryl methyl sites for hydroxylation is 1. The summed E-state index contributed by atoms with van der Waals surface area (Å²) in [5.41, 5.74) is 3.16. The van der Waals surface area contributed by atoms with Crippen molar-refractivity contribution in [1.29, 1.82) is 0 Å². The Morgan fingerprint density at radius 3 is 2.76 bits per heavy atom. The minimum atomic E-state index is 0.440. The molecule has 1 aromatic rings. The van der Waals surface area contributed by atoms with E-state index in [-0.39, 0.29) is 0 Å². The Morgan fingerprint density at radius 1 is 1.47 bits per heavy atom. The standard InChI is InChI=1S/C15H24N2/c1-11-7-9-17-10-12(11)14(16-4)13-6-5-8-15(13,2)3/h7,9-10,13-14,16H,5-6,8H2,1-4H3. The largest absolute Gasteiger partial charge is 0.313 e. The maximum absolute atomic E-state index is 4.29. The first-order valence-electron chi connectivity index (χ1n) is 6.64. The van der Waals surface area contributed by atoms with E-state index in [4.69, 9.17) is 0 Å². The third kappa shape index (κ3) is 2.37. The molecule has 2 heteroatoms. The zero-order chi connectivity index (χ0) is 12.5. The van der Waals surface area contributed by atoms with Gasteiger partial charge in [0.1, 0.15) is 0 Å². The predicted octanol–water partition coefficient (Wildman–Crippen LogP) is 3.48. The Bertz CT molecular complexity index is 384. The first kappa shape index (κ1) is 12.6. The minimum absolute atomic E-state index is 0.440. The highest BCUT2D eigenvalue weighted by molar-refractivity contribution is 5.26. The smallest absolute Gasteiger partial charge is 0.0369 e. The van der Waals surface area contributed by atoms with E-state index in [1.54, 1.807) is 0 Å². The summed E-state index contributed by atoms with van der Waals surface area (Å²) < 4.78 is 0. The number of hydrogen-bond donors (Lipinski definition) is 1. The monoisotopic (exact) mass is 232 g/mol. The summed E-state index contributed by atoms with van der Waals surface area (Å²) in [7, 11) is 2.07. The molecule has 1 aromatic heterocycles. The van der Waals surface area contributed by atoms with Crippen LogP contribution in [0.15, 0.2) is 18.5 Å². The van der Waals surface area contributed by atoms with Crippen molar-refractivity contribution in [3.63, 3.8) is 0 Å². The second kappa shape index (κ2) is 4.77. The molecule has 0 radical (unpaired) electrons. The lowest BCUT2D eigenvalue weighted by Crippen LogP contribution is -2.32. The van der Waals surface area contributed by atoms with Crippen LogP contribution >= 0.6 is 0 Å². The summed E-state index contributed by atoms with van der Waals surface area (Å²) in [6.07, 6.45) is 7.94. The van der Waals surface area contributed by atoms with Gasteiger partial charge in [-0.05, 0) is 55.3 Å². The van der Waals surface area contributed by atoms with Gasteiger partial charge in [-0.15, -0.1) is 0 Å². The Hall–Kier alpha value is -0.890. The lowest BCUT2D eigenvalue weighted by Gasteiger charge is -2.34. The van der Waals surface area contributed by atoms with Gasteiger partial charge in [-0.1, -0.05) is 20.3 Å². The van der Waals surface area contributed by atoms with Crippen molar-refractivity contribution >= 4 is 0 Å². The Labute approximate surface area is 105 Å². The third-order valence-electron chi connectivity index (χ3n) is 4.47. The molecular weight excluding hydrogens is 208 g/mol. The molecule has 0 aromatic carbocycles. The number of hydrogen-bond acceptors (Lipinski definition) is 2. The van der Waals surface area contributed by atoms with E-state index in [0.29, 0.717) is 11.5 Å². The van der Waals surface area contributed by atoms with Crippen LogP contribution in [0, 0.1) is 18.3 Å². The van der Waals surface area contributed by atoms with Crippen LogP contribution in [0.3, 0.4) is 0 Å². The van der Waals surface area contributed by atoms with Crippen LogP contribution in [0.4, 0.5) is 0 Å². The fourth-order valence-corrected chi connectivity index (χ4v) is 3.35. The summed E-state index contributed by atoms with van der Waals surface area (Å²) in [6, 6.07) is 2.56. The molecule has 94 valence electrons. The van der Waals surface area contributed by atoms with Gasteiger partial charge in [-0.3, -0.25) is 4.98 Å². The Morgan fingerprint density at radius 2 is 2.24 bits per heavy atom. The quantitative estimate of drug-likeness (QED) is 0.863. The Kier molecular flexibility index (Phi) is 3.53. The number of rotatable bonds is 3. The highest BCUT2D eigenvalue weighted by Crippen LogP contribution is 2.48. The van der Waals surface area contributed by atoms with Gasteiger partial charge in [0.15, 0.2) is 0 Å². The van der Waals surface area contributed by atoms with E-state index in [1.807, 2.05) is 12.4 Å². The lowest BCUT2D eigenvalue weighted by atomic mass is 9.75. The van der Waals surface area contributed by atoms with Gasteiger partial charge < -0.3 is 5.32 Å². The summed E-state index contributed by atoms with van der Waals surface area (Å²) >= 11 is 0. The predicted molar refractivity (Wildman–Crippen MR) is 71.9 cm³/mol. The van der Waals surface area contributed by atoms with Crippen LogP contribution in [-0.4, -0.2) is 12.0 Å². The molecule has 17 heavy (non-hydrogen) atoms. The van der Waals surface area contributed by atoms with Gasteiger partial charge >= 0.3 is 0 Å². The molecule has 0 spiro atoms. The van der Waals surface area contributed by atoms with Gasteiger partial charge in [-0.2, -0.15) is 0 Å². The molecule has 0 bridgehead atoms. The molecule has 2 rings (SSSR count). The van der Waals surface area contributed by atoms with Crippen LogP contribution < -0.4 is 5.32 Å². The molecule has 0 amide bonds. The summed E-state index contributed by atoms with van der Waals surface area (Å²) in [6.45, 7) is 6.99. The van der Waals surface area contributed by atoms with E-state index >= 15 is 0 Å². The van der Waals surface area contributed by atoms with E-state index in [2.05, 4.69) is 44.2 Å². The molecule has 1 aliphatic rings. The third-order valence-corrected chi connectivity index (χ3v) is 4.47. The normalized spacial score (nSPS) is 24.8. The maximum atomic E-state index is 4.29. The van der Waals surface area contributed by atoms with Crippen molar-refractivity contribution < 1.29 is 0 Å². The molecule has 1 fully saturated rings. The summed E-state index contributed by atoms with van der Waals surface area (Å²) in [5.74, 6) is 0.718. The average molecular weight is 232 g/mol. The van der Waals surface area contributed by atoms with Gasteiger partial charge in [0.2, 0.25) is 0 Å². The van der Waals surface area contributed by atoms with E-state index in [1.165, 1.54) is 30.4 Å². The Balaban J connectivity index is 2.31. The van der Waals surface area contributed by atoms with Crippen LogP contribution in [0.25, 0.3) is 0 Å². The fourth-order valence-electron chi connectivity index (χ4n) is 3.35. The van der Waals surface area contributed by atoms with Crippen LogP contribution in [0.2, 0.25) is 0 Å². The highest BCUT2D eigenvalue weighted by atomic mass is 14.9. The molecule has 1 saturated carbocycles. The van der Waals surface area contributed by atoms with E-state index in [0.717, 1.165) is 5.92 Å². The van der Waals surface area contributed by atoms with Crippen molar-refractivity contribution in [2.75, 3.05) is 7.05 Å². The van der Waals surface area contributed by atoms with Crippen molar-refractivity contribution in [2.45, 2.75) is 46.1 Å². The SMILES string of the molecule is CNC(c1cnccc1C)C1CCCC1(C)C.